The van der Waals surface area contributed by atoms with E-state index in [0.29, 0.717) is 11.1 Å². The smallest absolute Gasteiger partial charge is 0.294 e. The highest BCUT2D eigenvalue weighted by Gasteiger charge is 2.47. The van der Waals surface area contributed by atoms with Crippen LogP contribution in [-0.4, -0.2) is 40.1 Å². The number of benzene rings is 2. The second kappa shape index (κ2) is 7.82. The summed E-state index contributed by atoms with van der Waals surface area (Å²) in [5, 5.41) is 13.6. The predicted molar refractivity (Wildman–Crippen MR) is 106 cm³/mol. The molecule has 154 valence electrons. The van der Waals surface area contributed by atoms with Crippen molar-refractivity contribution in [1.82, 2.24) is 15.6 Å². The monoisotopic (exact) mass is 409 g/mol. The largest absolute Gasteiger partial charge is 0.345 e. The highest BCUT2D eigenvalue weighted by Crippen LogP contribution is 2.41. The maximum atomic E-state index is 12.8. The number of nitro benzene ring substituents is 1. The molecule has 2 aromatic carbocycles. The summed E-state index contributed by atoms with van der Waals surface area (Å²) in [6, 6.07) is 12.1. The number of fused-ring (bicyclic) bond motifs is 1. The normalized spacial score (nSPS) is 17.3. The van der Waals surface area contributed by atoms with Crippen molar-refractivity contribution < 1.29 is 19.3 Å². The van der Waals surface area contributed by atoms with Gasteiger partial charge in [0.25, 0.3) is 17.5 Å². The van der Waals surface area contributed by atoms with Gasteiger partial charge in [0.15, 0.2) is 0 Å². The van der Waals surface area contributed by atoms with Gasteiger partial charge in [0.2, 0.25) is 5.91 Å². The van der Waals surface area contributed by atoms with Crippen molar-refractivity contribution in [2.75, 3.05) is 12.0 Å². The third-order valence-corrected chi connectivity index (χ3v) is 5.05. The predicted octanol–water partition coefficient (Wildman–Crippen LogP) is 1.51. The minimum atomic E-state index is -0.767. The summed E-state index contributed by atoms with van der Waals surface area (Å²) in [4.78, 5) is 49.6. The molecule has 1 heterocycles. The van der Waals surface area contributed by atoms with Crippen molar-refractivity contribution in [1.29, 1.82) is 0 Å². The zero-order valence-corrected chi connectivity index (χ0v) is 15.8. The molecule has 1 atom stereocenters. The summed E-state index contributed by atoms with van der Waals surface area (Å²) in [7, 11) is 0. The van der Waals surface area contributed by atoms with Crippen LogP contribution in [0.15, 0.2) is 48.5 Å². The fourth-order valence-corrected chi connectivity index (χ4v) is 3.52. The van der Waals surface area contributed by atoms with Gasteiger partial charge in [0.1, 0.15) is 11.7 Å². The van der Waals surface area contributed by atoms with Gasteiger partial charge in [-0.2, -0.15) is 0 Å². The Morgan fingerprint density at radius 2 is 1.80 bits per heavy atom. The molecule has 3 N–H and O–H groups in total. The maximum absolute atomic E-state index is 12.8. The van der Waals surface area contributed by atoms with E-state index in [-0.39, 0.29) is 29.9 Å². The molecule has 1 aliphatic heterocycles. The van der Waals surface area contributed by atoms with Crippen LogP contribution in [0.5, 0.6) is 0 Å². The van der Waals surface area contributed by atoms with Gasteiger partial charge >= 0.3 is 0 Å². The van der Waals surface area contributed by atoms with Crippen molar-refractivity contribution >= 4 is 29.1 Å². The molecule has 2 aliphatic rings. The molecule has 1 unspecified atom stereocenters. The fraction of sp³-hybridized carbons (Fsp3) is 0.250. The molecule has 10 heteroatoms. The zero-order valence-electron chi connectivity index (χ0n) is 15.8. The van der Waals surface area contributed by atoms with E-state index in [2.05, 4.69) is 16.2 Å². The third-order valence-electron chi connectivity index (χ3n) is 5.05. The molecule has 4 rings (SSSR count). The summed E-state index contributed by atoms with van der Waals surface area (Å²) in [6.07, 6.45) is 1.70. The zero-order chi connectivity index (χ0) is 21.3. The molecule has 1 fully saturated rings. The minimum Gasteiger partial charge on any atom is -0.345 e. The second-order valence-electron chi connectivity index (χ2n) is 7.10. The minimum absolute atomic E-state index is 0.0368. The topological polar surface area (TPSA) is 134 Å². The molecule has 3 amide bonds. The summed E-state index contributed by atoms with van der Waals surface area (Å²) >= 11 is 0. The molecule has 1 saturated carbocycles. The third kappa shape index (κ3) is 3.66. The second-order valence-corrected chi connectivity index (χ2v) is 7.10. The molecule has 0 radical (unpaired) electrons. The number of rotatable bonds is 7. The highest BCUT2D eigenvalue weighted by atomic mass is 16.6. The van der Waals surface area contributed by atoms with Gasteiger partial charge in [-0.25, -0.2) is 0 Å². The Balaban J connectivity index is 1.38. The van der Waals surface area contributed by atoms with Gasteiger partial charge in [0.05, 0.1) is 11.5 Å². The number of hydrogen-bond donors (Lipinski definition) is 3. The van der Waals surface area contributed by atoms with Crippen molar-refractivity contribution in [3.8, 4) is 0 Å². The van der Waals surface area contributed by atoms with Crippen LogP contribution in [0, 0.1) is 10.1 Å². The van der Waals surface area contributed by atoms with E-state index < -0.39 is 22.8 Å². The number of hydrazine groups is 1. The van der Waals surface area contributed by atoms with Crippen molar-refractivity contribution in [3.05, 3.63) is 69.8 Å². The number of carbonyl (C=O) groups excluding carboxylic acids is 3. The van der Waals surface area contributed by atoms with Crippen LogP contribution in [0.4, 0.5) is 11.4 Å². The standard InChI is InChI=1S/C20H19N5O5/c26-17(23-22-15-7-3-4-8-16(15)25(29)30)11-21-19(27)18-13-5-1-2-6-14(13)20(28)24(18)12-9-10-12/h1-8,12,18,22H,9-11H2,(H,21,27)(H,23,26). The number of amides is 3. The van der Waals surface area contributed by atoms with E-state index in [1.807, 2.05) is 0 Å². The number of carbonyl (C=O) groups is 3. The van der Waals surface area contributed by atoms with Crippen LogP contribution in [0.25, 0.3) is 0 Å². The Labute approximate surface area is 171 Å². The number of nitro groups is 1. The lowest BCUT2D eigenvalue weighted by Crippen LogP contribution is -2.44. The van der Waals surface area contributed by atoms with Crippen LogP contribution in [-0.2, 0) is 9.59 Å². The van der Waals surface area contributed by atoms with E-state index >= 15 is 0 Å². The Kier molecular flexibility index (Phi) is 5.05. The SMILES string of the molecule is O=C(CNC(=O)C1c2ccccc2C(=O)N1C1CC1)NNc1ccccc1[N+](=O)[O-]. The number of nitrogens with one attached hydrogen (secondary N) is 3. The van der Waals surface area contributed by atoms with E-state index in [1.54, 1.807) is 35.2 Å². The number of hydrogen-bond acceptors (Lipinski definition) is 6. The van der Waals surface area contributed by atoms with Gasteiger partial charge < -0.3 is 10.2 Å². The fourth-order valence-electron chi connectivity index (χ4n) is 3.52. The molecule has 0 bridgehead atoms. The molecule has 0 saturated heterocycles. The first-order valence-corrected chi connectivity index (χ1v) is 9.45. The van der Waals surface area contributed by atoms with Crippen molar-refractivity contribution in [3.63, 3.8) is 0 Å². The summed E-state index contributed by atoms with van der Waals surface area (Å²) < 4.78 is 0. The summed E-state index contributed by atoms with van der Waals surface area (Å²) in [6.45, 7) is -0.349. The van der Waals surface area contributed by atoms with E-state index in [9.17, 15) is 24.5 Å². The van der Waals surface area contributed by atoms with Gasteiger partial charge in [-0.1, -0.05) is 30.3 Å². The molecule has 0 spiro atoms. The molecule has 0 aromatic heterocycles. The van der Waals surface area contributed by atoms with E-state index in [4.69, 9.17) is 0 Å². The average Bonchev–Trinajstić information content (AvgIpc) is 3.54. The summed E-state index contributed by atoms with van der Waals surface area (Å²) in [5.74, 6) is -1.20. The van der Waals surface area contributed by atoms with Crippen molar-refractivity contribution in [2.45, 2.75) is 24.9 Å². The number of nitrogens with zero attached hydrogens (tertiary/aromatic N) is 2. The molecular weight excluding hydrogens is 390 g/mol. The van der Waals surface area contributed by atoms with Crippen molar-refractivity contribution in [2.24, 2.45) is 0 Å². The van der Waals surface area contributed by atoms with Crippen LogP contribution >= 0.6 is 0 Å². The lowest BCUT2D eigenvalue weighted by atomic mass is 10.0. The molecule has 2 aromatic rings. The summed E-state index contributed by atoms with van der Waals surface area (Å²) in [5.41, 5.74) is 5.88. The van der Waals surface area contributed by atoms with Crippen LogP contribution < -0.4 is 16.2 Å². The number of anilines is 1. The quantitative estimate of drug-likeness (QED) is 0.469. The first kappa shape index (κ1) is 19.4. The van der Waals surface area contributed by atoms with Gasteiger partial charge in [-0.3, -0.25) is 35.3 Å². The molecule has 10 nitrogen and oxygen atoms in total. The van der Waals surface area contributed by atoms with Gasteiger partial charge in [-0.15, -0.1) is 0 Å². The Morgan fingerprint density at radius 1 is 1.10 bits per heavy atom. The lowest BCUT2D eigenvalue weighted by Gasteiger charge is -2.24. The lowest BCUT2D eigenvalue weighted by molar-refractivity contribution is -0.384. The molecule has 1 aliphatic carbocycles. The van der Waals surface area contributed by atoms with E-state index in [1.165, 1.54) is 18.2 Å². The molecule has 30 heavy (non-hydrogen) atoms. The molecular formula is C20H19N5O5. The average molecular weight is 409 g/mol. The van der Waals surface area contributed by atoms with Gasteiger partial charge in [0, 0.05) is 17.7 Å². The first-order valence-electron chi connectivity index (χ1n) is 9.45. The van der Waals surface area contributed by atoms with Crippen LogP contribution in [0.1, 0.15) is 34.8 Å². The Hall–Kier alpha value is -3.95. The van der Waals surface area contributed by atoms with Crippen LogP contribution in [0.3, 0.4) is 0 Å². The maximum Gasteiger partial charge on any atom is 0.294 e. The van der Waals surface area contributed by atoms with Gasteiger partial charge in [-0.05, 0) is 30.5 Å². The van der Waals surface area contributed by atoms with Crippen LogP contribution in [0.2, 0.25) is 0 Å². The number of para-hydroxylation sites is 2. The van der Waals surface area contributed by atoms with E-state index in [0.717, 1.165) is 12.8 Å². The first-order chi connectivity index (χ1) is 14.5. The Bertz CT molecular complexity index is 1040. The highest BCUT2D eigenvalue weighted by molar-refractivity contribution is 6.05. The Morgan fingerprint density at radius 3 is 2.53 bits per heavy atom.